The average Bonchev–Trinajstić information content (AvgIpc) is 2.95. The zero-order valence-electron chi connectivity index (χ0n) is 18.2. The molecule has 160 valence electrons. The van der Waals surface area contributed by atoms with Crippen LogP contribution in [0.1, 0.15) is 105 Å². The molecule has 0 aromatic carbocycles. The van der Waals surface area contributed by atoms with E-state index in [2.05, 4.69) is 6.92 Å². The fourth-order valence-corrected chi connectivity index (χ4v) is 4.70. The summed E-state index contributed by atoms with van der Waals surface area (Å²) >= 11 is 1.91. The summed E-state index contributed by atoms with van der Waals surface area (Å²) in [6, 6.07) is 0.1000. The molecule has 0 bridgehead atoms. The number of carbonyl (C=O) groups excluding carboxylic acids is 1. The van der Waals surface area contributed by atoms with Crippen LogP contribution in [0.5, 0.6) is 0 Å². The fourth-order valence-electron chi connectivity index (χ4n) is 3.52. The lowest BCUT2D eigenvalue weighted by molar-refractivity contribution is -0.0217. The van der Waals surface area contributed by atoms with Gasteiger partial charge in [-0.15, -0.1) is 0 Å². The zero-order valence-corrected chi connectivity index (χ0v) is 19.0. The summed E-state index contributed by atoms with van der Waals surface area (Å²) in [7, 11) is 0. The van der Waals surface area contributed by atoms with Crippen molar-refractivity contribution in [3.05, 3.63) is 0 Å². The van der Waals surface area contributed by atoms with E-state index in [4.69, 9.17) is 4.74 Å². The van der Waals surface area contributed by atoms with Gasteiger partial charge in [0.05, 0.1) is 0 Å². The number of likely N-dealkylation sites (tertiary alicyclic amines) is 1. The van der Waals surface area contributed by atoms with Crippen LogP contribution in [0.25, 0.3) is 0 Å². The molecule has 2 unspecified atom stereocenters. The van der Waals surface area contributed by atoms with Crippen molar-refractivity contribution in [2.24, 2.45) is 0 Å². The van der Waals surface area contributed by atoms with Gasteiger partial charge >= 0.3 is 6.09 Å². The number of unbranched alkanes of at least 4 members (excludes halogenated alkanes) is 9. The maximum atomic E-state index is 12.3. The molecule has 0 spiro atoms. The van der Waals surface area contributed by atoms with Gasteiger partial charge in [-0.05, 0) is 45.8 Å². The molecule has 0 saturated carbocycles. The third-order valence-electron chi connectivity index (χ3n) is 5.03. The Labute approximate surface area is 171 Å². The van der Waals surface area contributed by atoms with E-state index in [1.165, 1.54) is 64.2 Å². The van der Waals surface area contributed by atoms with Crippen LogP contribution < -0.4 is 0 Å². The van der Waals surface area contributed by atoms with E-state index in [1.54, 1.807) is 4.90 Å². The number of aliphatic hydroxyl groups excluding tert-OH is 1. The molecule has 1 fully saturated rings. The Balaban J connectivity index is 2.07. The van der Waals surface area contributed by atoms with Gasteiger partial charge in [-0.2, -0.15) is 11.8 Å². The second kappa shape index (κ2) is 13.7. The summed E-state index contributed by atoms with van der Waals surface area (Å²) in [5.41, 5.74) is -0.521. The van der Waals surface area contributed by atoms with Crippen molar-refractivity contribution in [3.8, 4) is 0 Å². The largest absolute Gasteiger partial charge is 0.444 e. The van der Waals surface area contributed by atoms with Crippen molar-refractivity contribution >= 4 is 17.9 Å². The van der Waals surface area contributed by atoms with E-state index in [0.29, 0.717) is 6.42 Å². The number of hydrogen-bond donors (Lipinski definition) is 1. The summed E-state index contributed by atoms with van der Waals surface area (Å²) in [4.78, 5) is 13.9. The third kappa shape index (κ3) is 11.2. The molecule has 1 aliphatic rings. The van der Waals surface area contributed by atoms with Gasteiger partial charge in [0.15, 0.2) is 0 Å². The predicted octanol–water partition coefficient (Wildman–Crippen LogP) is 6.36. The molecule has 2 atom stereocenters. The normalized spacial score (nSPS) is 20.3. The van der Waals surface area contributed by atoms with Crippen molar-refractivity contribution in [1.29, 1.82) is 0 Å². The maximum Gasteiger partial charge on any atom is 0.412 e. The van der Waals surface area contributed by atoms with Gasteiger partial charge in [-0.1, -0.05) is 64.7 Å². The second-order valence-electron chi connectivity index (χ2n) is 8.86. The van der Waals surface area contributed by atoms with Gasteiger partial charge in [0.1, 0.15) is 11.8 Å². The van der Waals surface area contributed by atoms with E-state index in [9.17, 15) is 9.90 Å². The molecule has 1 saturated heterocycles. The summed E-state index contributed by atoms with van der Waals surface area (Å²) < 4.78 is 5.45. The number of ether oxygens (including phenoxy) is 1. The summed E-state index contributed by atoms with van der Waals surface area (Å²) in [5.74, 6) is 2.04. The molecule has 1 amide bonds. The number of carbonyl (C=O) groups is 1. The highest BCUT2D eigenvalue weighted by atomic mass is 32.2. The highest BCUT2D eigenvalue weighted by molar-refractivity contribution is 7.99. The SMILES string of the molecule is CCCCCCCCCCCCSCC1CCC(O)N1C(=O)OC(C)(C)C. The van der Waals surface area contributed by atoms with Crippen LogP contribution in [-0.2, 0) is 4.74 Å². The lowest BCUT2D eigenvalue weighted by Crippen LogP contribution is -2.45. The van der Waals surface area contributed by atoms with Crippen molar-refractivity contribution in [1.82, 2.24) is 4.90 Å². The van der Waals surface area contributed by atoms with Crippen molar-refractivity contribution in [2.75, 3.05) is 11.5 Å². The number of rotatable bonds is 13. The molecular weight excluding hydrogens is 358 g/mol. The Morgan fingerprint density at radius 3 is 2.11 bits per heavy atom. The molecule has 1 N–H and O–H groups in total. The Bertz CT molecular complexity index is 398. The van der Waals surface area contributed by atoms with E-state index < -0.39 is 11.8 Å². The smallest absolute Gasteiger partial charge is 0.412 e. The van der Waals surface area contributed by atoms with Gasteiger partial charge in [0, 0.05) is 11.8 Å². The molecule has 5 heteroatoms. The summed E-state index contributed by atoms with van der Waals surface area (Å²) in [6.45, 7) is 7.86. The Hall–Kier alpha value is -0.420. The Kier molecular flexibility index (Phi) is 12.5. The molecule has 0 aliphatic carbocycles. The zero-order chi connectivity index (χ0) is 20.1. The first kappa shape index (κ1) is 24.6. The molecule has 0 aromatic heterocycles. The van der Waals surface area contributed by atoms with Gasteiger partial charge in [0.25, 0.3) is 0 Å². The molecular formula is C22H43NO3S. The van der Waals surface area contributed by atoms with Crippen molar-refractivity contribution in [2.45, 2.75) is 123 Å². The van der Waals surface area contributed by atoms with Crippen molar-refractivity contribution < 1.29 is 14.6 Å². The standard InChI is InChI=1S/C22H43NO3S/c1-5-6-7-8-9-10-11-12-13-14-17-27-18-19-15-16-20(24)23(19)21(25)26-22(2,3)4/h19-20,24H,5-18H2,1-4H3. The van der Waals surface area contributed by atoms with Crippen LogP contribution in [0.3, 0.4) is 0 Å². The van der Waals surface area contributed by atoms with E-state index >= 15 is 0 Å². The van der Waals surface area contributed by atoms with Crippen LogP contribution in [0.2, 0.25) is 0 Å². The molecule has 0 aromatic rings. The lowest BCUT2D eigenvalue weighted by atomic mass is 10.1. The minimum atomic E-state index is -0.692. The second-order valence-corrected chi connectivity index (χ2v) is 10.0. The first-order valence-electron chi connectivity index (χ1n) is 11.1. The summed E-state index contributed by atoms with van der Waals surface area (Å²) in [6.07, 6.45) is 14.1. The predicted molar refractivity (Wildman–Crippen MR) is 116 cm³/mol. The quantitative estimate of drug-likeness (QED) is 0.365. The van der Waals surface area contributed by atoms with E-state index in [-0.39, 0.29) is 12.1 Å². The van der Waals surface area contributed by atoms with Gasteiger partial charge in [-0.3, -0.25) is 4.90 Å². The van der Waals surface area contributed by atoms with Crippen molar-refractivity contribution in [3.63, 3.8) is 0 Å². The summed E-state index contributed by atoms with van der Waals surface area (Å²) in [5, 5.41) is 10.1. The minimum Gasteiger partial charge on any atom is -0.444 e. The number of aliphatic hydroxyl groups is 1. The molecule has 1 aliphatic heterocycles. The highest BCUT2D eigenvalue weighted by Gasteiger charge is 2.38. The topological polar surface area (TPSA) is 49.8 Å². The van der Waals surface area contributed by atoms with E-state index in [1.807, 2.05) is 32.5 Å². The van der Waals surface area contributed by atoms with Crippen LogP contribution in [-0.4, -0.2) is 45.5 Å². The maximum absolute atomic E-state index is 12.3. The number of nitrogens with zero attached hydrogens (tertiary/aromatic N) is 1. The first-order valence-corrected chi connectivity index (χ1v) is 12.3. The molecule has 27 heavy (non-hydrogen) atoms. The third-order valence-corrected chi connectivity index (χ3v) is 6.23. The monoisotopic (exact) mass is 401 g/mol. The average molecular weight is 402 g/mol. The van der Waals surface area contributed by atoms with Crippen LogP contribution in [0.15, 0.2) is 0 Å². The van der Waals surface area contributed by atoms with Gasteiger partial charge < -0.3 is 9.84 Å². The Morgan fingerprint density at radius 1 is 1.00 bits per heavy atom. The fraction of sp³-hybridized carbons (Fsp3) is 0.955. The van der Waals surface area contributed by atoms with Crippen LogP contribution in [0, 0.1) is 0 Å². The number of hydrogen-bond acceptors (Lipinski definition) is 4. The lowest BCUT2D eigenvalue weighted by Gasteiger charge is -2.30. The van der Waals surface area contributed by atoms with E-state index in [0.717, 1.165) is 17.9 Å². The minimum absolute atomic E-state index is 0.1000. The highest BCUT2D eigenvalue weighted by Crippen LogP contribution is 2.28. The number of amides is 1. The molecule has 1 heterocycles. The van der Waals surface area contributed by atoms with Gasteiger partial charge in [0.2, 0.25) is 0 Å². The van der Waals surface area contributed by atoms with Gasteiger partial charge in [-0.25, -0.2) is 4.79 Å². The molecule has 1 rings (SSSR count). The van der Waals surface area contributed by atoms with Crippen LogP contribution in [0.4, 0.5) is 4.79 Å². The Morgan fingerprint density at radius 2 is 1.56 bits per heavy atom. The number of thioether (sulfide) groups is 1. The molecule has 0 radical (unpaired) electrons. The van der Waals surface area contributed by atoms with Crippen LogP contribution >= 0.6 is 11.8 Å². The first-order chi connectivity index (χ1) is 12.8. The molecule has 4 nitrogen and oxygen atoms in total.